The Balaban J connectivity index is 1.45. The summed E-state index contributed by atoms with van der Waals surface area (Å²) in [4.78, 5) is 30.7. The van der Waals surface area contributed by atoms with Gasteiger partial charge in [0.15, 0.2) is 0 Å². The average molecular weight is 361 g/mol. The summed E-state index contributed by atoms with van der Waals surface area (Å²) in [5.41, 5.74) is 3.33. The highest BCUT2D eigenvalue weighted by molar-refractivity contribution is 6.14. The fourth-order valence-electron chi connectivity index (χ4n) is 3.73. The van der Waals surface area contributed by atoms with Crippen molar-refractivity contribution in [3.63, 3.8) is 0 Å². The van der Waals surface area contributed by atoms with Crippen LogP contribution in [0, 0.1) is 0 Å². The van der Waals surface area contributed by atoms with Crippen molar-refractivity contribution in [1.82, 2.24) is 9.80 Å². The van der Waals surface area contributed by atoms with Gasteiger partial charge in [-0.2, -0.15) is 0 Å². The van der Waals surface area contributed by atoms with Gasteiger partial charge in [0, 0.05) is 18.8 Å². The van der Waals surface area contributed by atoms with Crippen molar-refractivity contribution in [3.8, 4) is 0 Å². The molecular weight excluding hydrogens is 338 g/mol. The van der Waals surface area contributed by atoms with Crippen molar-refractivity contribution in [2.24, 2.45) is 0 Å². The standard InChI is InChI=1S/C22H23N3O2/c1-17-21(26)24(22(27)25(17)20-10-6-3-7-11-20)16-23-14-12-19(13-15-23)18-8-4-2-5-9-18/h2-12,17H,13-16H2,1H3/t17-/m1/s1. The molecule has 5 nitrogen and oxygen atoms in total. The third-order valence-corrected chi connectivity index (χ3v) is 5.26. The maximum absolute atomic E-state index is 12.9. The Bertz CT molecular complexity index is 864. The van der Waals surface area contributed by atoms with Gasteiger partial charge < -0.3 is 0 Å². The molecule has 1 atom stereocenters. The smallest absolute Gasteiger partial charge is 0.282 e. The number of anilines is 1. The topological polar surface area (TPSA) is 43.9 Å². The molecule has 0 aliphatic carbocycles. The molecule has 4 rings (SSSR count). The molecule has 5 heteroatoms. The SMILES string of the molecule is C[C@@H]1C(=O)N(CN2CC=C(c3ccccc3)CC2)C(=O)N1c1ccccc1. The Morgan fingerprint density at radius 3 is 2.26 bits per heavy atom. The monoisotopic (exact) mass is 361 g/mol. The van der Waals surface area contributed by atoms with E-state index < -0.39 is 6.04 Å². The molecule has 0 N–H and O–H groups in total. The number of nitrogens with zero attached hydrogens (tertiary/aromatic N) is 3. The summed E-state index contributed by atoms with van der Waals surface area (Å²) < 4.78 is 0. The van der Waals surface area contributed by atoms with Gasteiger partial charge in [-0.05, 0) is 36.6 Å². The van der Waals surface area contributed by atoms with Crippen LogP contribution in [-0.4, -0.2) is 47.5 Å². The fraction of sp³-hybridized carbons (Fsp3) is 0.273. The molecule has 0 radical (unpaired) electrons. The van der Waals surface area contributed by atoms with Crippen molar-refractivity contribution >= 4 is 23.2 Å². The zero-order valence-electron chi connectivity index (χ0n) is 15.4. The minimum Gasteiger partial charge on any atom is -0.282 e. The first-order chi connectivity index (χ1) is 13.1. The molecule has 27 heavy (non-hydrogen) atoms. The van der Waals surface area contributed by atoms with E-state index in [4.69, 9.17) is 0 Å². The van der Waals surface area contributed by atoms with E-state index in [1.807, 2.05) is 48.5 Å². The summed E-state index contributed by atoms with van der Waals surface area (Å²) in [6.07, 6.45) is 3.11. The van der Waals surface area contributed by atoms with Crippen LogP contribution in [0.25, 0.3) is 5.57 Å². The number of rotatable bonds is 4. The van der Waals surface area contributed by atoms with Crippen LogP contribution in [0.2, 0.25) is 0 Å². The Hall–Kier alpha value is -2.92. The highest BCUT2D eigenvalue weighted by atomic mass is 16.2. The van der Waals surface area contributed by atoms with Crippen molar-refractivity contribution in [3.05, 3.63) is 72.3 Å². The summed E-state index contributed by atoms with van der Waals surface area (Å²) in [7, 11) is 0. The number of para-hydroxylation sites is 1. The van der Waals surface area contributed by atoms with E-state index in [-0.39, 0.29) is 11.9 Å². The second kappa shape index (κ2) is 7.37. The molecule has 2 aliphatic heterocycles. The van der Waals surface area contributed by atoms with Crippen LogP contribution in [-0.2, 0) is 4.79 Å². The summed E-state index contributed by atoms with van der Waals surface area (Å²) in [5.74, 6) is -0.137. The molecule has 1 fully saturated rings. The molecule has 3 amide bonds. The zero-order chi connectivity index (χ0) is 18.8. The van der Waals surface area contributed by atoms with Crippen molar-refractivity contribution in [2.75, 3.05) is 24.7 Å². The van der Waals surface area contributed by atoms with E-state index in [1.54, 1.807) is 11.8 Å². The van der Waals surface area contributed by atoms with E-state index in [0.29, 0.717) is 6.67 Å². The number of hydrogen-bond acceptors (Lipinski definition) is 3. The molecule has 0 unspecified atom stereocenters. The number of imide groups is 1. The first kappa shape index (κ1) is 17.5. The van der Waals surface area contributed by atoms with Gasteiger partial charge >= 0.3 is 6.03 Å². The summed E-state index contributed by atoms with van der Waals surface area (Å²) in [6, 6.07) is 19.0. The molecule has 0 saturated carbocycles. The lowest BCUT2D eigenvalue weighted by Gasteiger charge is -2.29. The van der Waals surface area contributed by atoms with Crippen LogP contribution >= 0.6 is 0 Å². The van der Waals surface area contributed by atoms with Crippen LogP contribution in [0.4, 0.5) is 10.5 Å². The van der Waals surface area contributed by atoms with Gasteiger partial charge in [-0.15, -0.1) is 0 Å². The van der Waals surface area contributed by atoms with Gasteiger partial charge in [0.1, 0.15) is 6.04 Å². The molecule has 2 aromatic rings. The van der Waals surface area contributed by atoms with Crippen LogP contribution in [0.3, 0.4) is 0 Å². The Morgan fingerprint density at radius 1 is 0.963 bits per heavy atom. The molecule has 0 spiro atoms. The van der Waals surface area contributed by atoms with Gasteiger partial charge in [-0.25, -0.2) is 9.69 Å². The van der Waals surface area contributed by atoms with Crippen LogP contribution in [0.5, 0.6) is 0 Å². The third-order valence-electron chi connectivity index (χ3n) is 5.26. The Labute approximate surface area is 159 Å². The highest BCUT2D eigenvalue weighted by Crippen LogP contribution is 2.27. The van der Waals surface area contributed by atoms with Gasteiger partial charge in [0.05, 0.1) is 6.67 Å². The number of urea groups is 1. The number of amides is 3. The van der Waals surface area contributed by atoms with Gasteiger partial charge in [0.25, 0.3) is 5.91 Å². The molecule has 2 heterocycles. The third kappa shape index (κ3) is 3.38. The number of carbonyl (C=O) groups excluding carboxylic acids is 2. The summed E-state index contributed by atoms with van der Waals surface area (Å²) in [6.45, 7) is 3.69. The maximum atomic E-state index is 12.9. The maximum Gasteiger partial charge on any atom is 0.333 e. The zero-order valence-corrected chi connectivity index (χ0v) is 15.4. The molecule has 138 valence electrons. The minimum atomic E-state index is -0.472. The number of hydrogen-bond donors (Lipinski definition) is 0. The van der Waals surface area contributed by atoms with E-state index in [1.165, 1.54) is 16.0 Å². The van der Waals surface area contributed by atoms with Crippen LogP contribution < -0.4 is 4.90 Å². The largest absolute Gasteiger partial charge is 0.333 e. The molecular formula is C22H23N3O2. The van der Waals surface area contributed by atoms with Crippen molar-refractivity contribution in [2.45, 2.75) is 19.4 Å². The van der Waals surface area contributed by atoms with E-state index in [2.05, 4.69) is 23.1 Å². The molecule has 1 saturated heterocycles. The normalized spacial score (nSPS) is 20.9. The molecule has 2 aliphatic rings. The predicted molar refractivity (Wildman–Crippen MR) is 106 cm³/mol. The van der Waals surface area contributed by atoms with E-state index >= 15 is 0 Å². The molecule has 0 bridgehead atoms. The average Bonchev–Trinajstić information content (AvgIpc) is 2.93. The van der Waals surface area contributed by atoms with Crippen molar-refractivity contribution in [1.29, 1.82) is 0 Å². The Kier molecular flexibility index (Phi) is 4.77. The number of benzene rings is 2. The van der Waals surface area contributed by atoms with Gasteiger partial charge in [-0.3, -0.25) is 14.6 Å². The van der Waals surface area contributed by atoms with Crippen LogP contribution in [0.1, 0.15) is 18.9 Å². The van der Waals surface area contributed by atoms with Gasteiger partial charge in [-0.1, -0.05) is 54.6 Å². The lowest BCUT2D eigenvalue weighted by molar-refractivity contribution is -0.128. The quantitative estimate of drug-likeness (QED) is 0.782. The van der Waals surface area contributed by atoms with E-state index in [9.17, 15) is 9.59 Å². The lowest BCUT2D eigenvalue weighted by atomic mass is 10.00. The lowest BCUT2D eigenvalue weighted by Crippen LogP contribution is -2.43. The second-order valence-electron chi connectivity index (χ2n) is 6.99. The first-order valence-corrected chi connectivity index (χ1v) is 9.31. The van der Waals surface area contributed by atoms with Gasteiger partial charge in [0.2, 0.25) is 0 Å². The Morgan fingerprint density at radius 2 is 1.63 bits per heavy atom. The number of carbonyl (C=O) groups is 2. The van der Waals surface area contributed by atoms with Crippen molar-refractivity contribution < 1.29 is 9.59 Å². The molecule has 2 aromatic carbocycles. The predicted octanol–water partition coefficient (Wildman–Crippen LogP) is 3.59. The van der Waals surface area contributed by atoms with Crippen LogP contribution in [0.15, 0.2) is 66.7 Å². The molecule has 0 aromatic heterocycles. The summed E-state index contributed by atoms with van der Waals surface area (Å²) in [5, 5.41) is 0. The highest BCUT2D eigenvalue weighted by Gasteiger charge is 2.43. The summed E-state index contributed by atoms with van der Waals surface area (Å²) >= 11 is 0. The second-order valence-corrected chi connectivity index (χ2v) is 6.99. The first-order valence-electron chi connectivity index (χ1n) is 9.31. The minimum absolute atomic E-state index is 0.137. The fourth-order valence-corrected chi connectivity index (χ4v) is 3.73. The van der Waals surface area contributed by atoms with E-state index in [0.717, 1.165) is 25.2 Å².